The minimum Gasteiger partial charge on any atom is -0.391 e. The van der Waals surface area contributed by atoms with Crippen molar-refractivity contribution in [3.8, 4) is 0 Å². The van der Waals surface area contributed by atoms with E-state index in [2.05, 4.69) is 18.6 Å². The molecule has 0 spiro atoms. The lowest BCUT2D eigenvalue weighted by Crippen LogP contribution is -2.30. The number of nitrogens with one attached hydrogen (secondary N) is 1. The van der Waals surface area contributed by atoms with Gasteiger partial charge in [-0.25, -0.2) is 13.1 Å². The quantitative estimate of drug-likeness (QED) is 0.843. The van der Waals surface area contributed by atoms with Gasteiger partial charge in [-0.05, 0) is 29.7 Å². The molecule has 2 N–H and O–H groups in total. The maximum absolute atomic E-state index is 12.2. The van der Waals surface area contributed by atoms with E-state index in [1.54, 1.807) is 12.3 Å². The van der Waals surface area contributed by atoms with Crippen molar-refractivity contribution < 1.29 is 13.5 Å². The van der Waals surface area contributed by atoms with E-state index in [4.69, 9.17) is 0 Å². The van der Waals surface area contributed by atoms with Crippen LogP contribution in [0.4, 0.5) is 0 Å². The molecular formula is C12H21NO3S2. The van der Waals surface area contributed by atoms with Gasteiger partial charge in [-0.3, -0.25) is 0 Å². The average molecular weight is 291 g/mol. The molecule has 0 bridgehead atoms. The molecule has 0 fully saturated rings. The van der Waals surface area contributed by atoms with Gasteiger partial charge < -0.3 is 5.11 Å². The fourth-order valence-electron chi connectivity index (χ4n) is 1.51. The van der Waals surface area contributed by atoms with Crippen LogP contribution in [0.25, 0.3) is 0 Å². The smallest absolute Gasteiger partial charge is 0.242 e. The highest BCUT2D eigenvalue weighted by Crippen LogP contribution is 2.26. The highest BCUT2D eigenvalue weighted by Gasteiger charge is 2.23. The lowest BCUT2D eigenvalue weighted by Gasteiger charge is -2.16. The van der Waals surface area contributed by atoms with Crippen LogP contribution < -0.4 is 4.72 Å². The van der Waals surface area contributed by atoms with Crippen molar-refractivity contribution in [2.24, 2.45) is 11.8 Å². The van der Waals surface area contributed by atoms with Crippen LogP contribution in [-0.4, -0.2) is 20.1 Å². The molecule has 1 atom stereocenters. The van der Waals surface area contributed by atoms with Crippen molar-refractivity contribution in [2.45, 2.75) is 39.2 Å². The summed E-state index contributed by atoms with van der Waals surface area (Å²) in [5, 5.41) is 10.9. The van der Waals surface area contributed by atoms with Crippen molar-refractivity contribution in [3.05, 3.63) is 15.8 Å². The minimum atomic E-state index is -3.52. The van der Waals surface area contributed by atoms with Crippen molar-refractivity contribution in [3.63, 3.8) is 0 Å². The molecule has 0 aliphatic heterocycles. The van der Waals surface area contributed by atoms with E-state index in [1.807, 2.05) is 6.92 Å². The summed E-state index contributed by atoms with van der Waals surface area (Å²) in [5.41, 5.74) is 0.689. The highest BCUT2D eigenvalue weighted by atomic mass is 32.2. The SMILES string of the molecule is Cc1csc(CO)c1S(=O)(=O)NCC(C)C(C)C. The number of hydrogen-bond donors (Lipinski definition) is 2. The van der Waals surface area contributed by atoms with E-state index < -0.39 is 10.0 Å². The second-order valence-corrected chi connectivity index (χ2v) is 7.57. The fraction of sp³-hybridized carbons (Fsp3) is 0.667. The van der Waals surface area contributed by atoms with Gasteiger partial charge in [0, 0.05) is 6.54 Å². The Labute approximate surface area is 113 Å². The summed E-state index contributed by atoms with van der Waals surface area (Å²) in [4.78, 5) is 0.739. The maximum atomic E-state index is 12.2. The van der Waals surface area contributed by atoms with Crippen LogP contribution in [0.3, 0.4) is 0 Å². The average Bonchev–Trinajstić information content (AvgIpc) is 2.67. The van der Waals surface area contributed by atoms with Crippen LogP contribution in [-0.2, 0) is 16.6 Å². The normalized spacial score (nSPS) is 14.1. The maximum Gasteiger partial charge on any atom is 0.242 e. The summed E-state index contributed by atoms with van der Waals surface area (Å²) in [6, 6.07) is 0. The Morgan fingerprint density at radius 1 is 1.39 bits per heavy atom. The Hall–Kier alpha value is -0.430. The Morgan fingerprint density at radius 3 is 2.50 bits per heavy atom. The first-order chi connectivity index (χ1) is 8.29. The molecule has 1 aromatic rings. The first-order valence-corrected chi connectivity index (χ1v) is 8.33. The lowest BCUT2D eigenvalue weighted by molar-refractivity contribution is 0.282. The van der Waals surface area contributed by atoms with E-state index in [9.17, 15) is 13.5 Å². The number of aliphatic hydroxyl groups excluding tert-OH is 1. The van der Waals surface area contributed by atoms with Crippen molar-refractivity contribution in [2.75, 3.05) is 6.54 Å². The number of aliphatic hydroxyl groups is 1. The molecule has 1 aromatic heterocycles. The predicted molar refractivity (Wildman–Crippen MR) is 74.2 cm³/mol. The molecule has 0 radical (unpaired) electrons. The zero-order valence-electron chi connectivity index (χ0n) is 11.2. The Kier molecular flexibility index (Phi) is 5.33. The van der Waals surface area contributed by atoms with Gasteiger partial charge >= 0.3 is 0 Å². The molecule has 1 rings (SSSR count). The van der Waals surface area contributed by atoms with Gasteiger partial charge in [0.25, 0.3) is 0 Å². The fourth-order valence-corrected chi connectivity index (χ4v) is 4.31. The number of thiophene rings is 1. The van der Waals surface area contributed by atoms with Crippen molar-refractivity contribution in [1.29, 1.82) is 0 Å². The van der Waals surface area contributed by atoms with Gasteiger partial charge in [-0.2, -0.15) is 0 Å². The standard InChI is InChI=1S/C12H21NO3S2/c1-8(2)9(3)5-13-18(15,16)12-10(4)7-17-11(12)6-14/h7-9,13-14H,5-6H2,1-4H3. The molecule has 4 nitrogen and oxygen atoms in total. The van der Waals surface area contributed by atoms with Gasteiger partial charge in [-0.1, -0.05) is 20.8 Å². The molecular weight excluding hydrogens is 270 g/mol. The van der Waals surface area contributed by atoms with Gasteiger partial charge in [-0.15, -0.1) is 11.3 Å². The molecule has 0 saturated carbocycles. The van der Waals surface area contributed by atoms with Gasteiger partial charge in [0.05, 0.1) is 11.5 Å². The summed E-state index contributed by atoms with van der Waals surface area (Å²) in [6.45, 7) is 8.06. The third-order valence-corrected chi connectivity index (χ3v) is 6.01. The molecule has 18 heavy (non-hydrogen) atoms. The van der Waals surface area contributed by atoms with E-state index >= 15 is 0 Å². The number of hydrogen-bond acceptors (Lipinski definition) is 4. The predicted octanol–water partition coefficient (Wildman–Crippen LogP) is 2.12. The second kappa shape index (κ2) is 6.14. The van der Waals surface area contributed by atoms with Crippen LogP contribution in [0.5, 0.6) is 0 Å². The number of sulfonamides is 1. The van der Waals surface area contributed by atoms with E-state index in [1.165, 1.54) is 11.3 Å². The lowest BCUT2D eigenvalue weighted by atomic mass is 9.99. The van der Waals surface area contributed by atoms with Gasteiger partial charge in [0.1, 0.15) is 4.90 Å². The number of rotatable bonds is 6. The van der Waals surface area contributed by atoms with E-state index in [-0.39, 0.29) is 17.4 Å². The zero-order valence-corrected chi connectivity index (χ0v) is 12.9. The second-order valence-electron chi connectivity index (χ2n) is 4.90. The van der Waals surface area contributed by atoms with Crippen LogP contribution >= 0.6 is 11.3 Å². The third kappa shape index (κ3) is 3.54. The van der Waals surface area contributed by atoms with E-state index in [0.717, 1.165) is 0 Å². The van der Waals surface area contributed by atoms with Crippen molar-refractivity contribution >= 4 is 21.4 Å². The molecule has 0 saturated heterocycles. The van der Waals surface area contributed by atoms with Crippen LogP contribution in [0, 0.1) is 18.8 Å². The highest BCUT2D eigenvalue weighted by molar-refractivity contribution is 7.89. The third-order valence-electron chi connectivity index (χ3n) is 3.14. The largest absolute Gasteiger partial charge is 0.391 e. The summed E-state index contributed by atoms with van der Waals surface area (Å²) in [6.07, 6.45) is 0. The molecule has 0 aliphatic rings. The molecule has 0 amide bonds. The first kappa shape index (κ1) is 15.6. The first-order valence-electron chi connectivity index (χ1n) is 5.97. The van der Waals surface area contributed by atoms with E-state index in [0.29, 0.717) is 22.9 Å². The Balaban J connectivity index is 2.90. The topological polar surface area (TPSA) is 66.4 Å². The molecule has 6 heteroatoms. The van der Waals surface area contributed by atoms with Crippen LogP contribution in [0.2, 0.25) is 0 Å². The molecule has 104 valence electrons. The molecule has 0 aliphatic carbocycles. The van der Waals surface area contributed by atoms with Crippen molar-refractivity contribution in [1.82, 2.24) is 4.72 Å². The van der Waals surface area contributed by atoms with Gasteiger partial charge in [0.15, 0.2) is 0 Å². The van der Waals surface area contributed by atoms with Crippen LogP contribution in [0.15, 0.2) is 10.3 Å². The molecule has 1 unspecified atom stereocenters. The zero-order chi connectivity index (χ0) is 13.9. The molecule has 0 aromatic carbocycles. The minimum absolute atomic E-state index is 0.242. The summed E-state index contributed by atoms with van der Waals surface area (Å²) >= 11 is 1.27. The Morgan fingerprint density at radius 2 is 2.00 bits per heavy atom. The van der Waals surface area contributed by atoms with Gasteiger partial charge in [0.2, 0.25) is 10.0 Å². The number of aryl methyl sites for hydroxylation is 1. The monoisotopic (exact) mass is 291 g/mol. The summed E-state index contributed by atoms with van der Waals surface area (Å²) in [7, 11) is -3.52. The Bertz CT molecular complexity index is 491. The summed E-state index contributed by atoms with van der Waals surface area (Å²) < 4.78 is 27.0. The summed E-state index contributed by atoms with van der Waals surface area (Å²) in [5.74, 6) is 0.699. The van der Waals surface area contributed by atoms with Crippen LogP contribution in [0.1, 0.15) is 31.2 Å². The molecule has 1 heterocycles.